The zero-order valence-electron chi connectivity index (χ0n) is 15.4. The second-order valence-electron chi connectivity index (χ2n) is 7.41. The Balaban J connectivity index is 1.99. The van der Waals surface area contributed by atoms with Crippen LogP contribution in [0.25, 0.3) is 0 Å². The van der Waals surface area contributed by atoms with Gasteiger partial charge in [-0.05, 0) is 29.5 Å². The van der Waals surface area contributed by atoms with Crippen LogP contribution in [0, 0.1) is 0 Å². The summed E-state index contributed by atoms with van der Waals surface area (Å²) in [5.74, 6) is -0.226. The van der Waals surface area contributed by atoms with Crippen LogP contribution in [0.3, 0.4) is 0 Å². The van der Waals surface area contributed by atoms with E-state index in [-0.39, 0.29) is 23.7 Å². The third-order valence-electron chi connectivity index (χ3n) is 4.31. The van der Waals surface area contributed by atoms with Crippen LogP contribution in [0.1, 0.15) is 49.5 Å². The largest absolute Gasteiger partial charge is 0.481 e. The number of benzene rings is 1. The first-order valence-corrected chi connectivity index (χ1v) is 9.84. The van der Waals surface area contributed by atoms with Crippen molar-refractivity contribution in [3.05, 3.63) is 35.4 Å². The van der Waals surface area contributed by atoms with Gasteiger partial charge in [-0.2, -0.15) is 0 Å². The van der Waals surface area contributed by atoms with E-state index in [2.05, 4.69) is 26.1 Å². The predicted molar refractivity (Wildman–Crippen MR) is 102 cm³/mol. The topological polar surface area (TPSA) is 86.7 Å². The van der Waals surface area contributed by atoms with Crippen molar-refractivity contribution in [3.8, 4) is 0 Å². The Morgan fingerprint density at radius 2 is 1.88 bits per heavy atom. The predicted octanol–water partition coefficient (Wildman–Crippen LogP) is 2.48. The molecular weight excluding hydrogens is 352 g/mol. The number of hydrogen-bond acceptors (Lipinski definition) is 4. The van der Waals surface area contributed by atoms with Crippen LogP contribution in [0.2, 0.25) is 0 Å². The van der Waals surface area contributed by atoms with Gasteiger partial charge in [0.15, 0.2) is 0 Å². The molecule has 2 rings (SSSR count). The van der Waals surface area contributed by atoms with Crippen LogP contribution >= 0.6 is 11.8 Å². The molecule has 0 saturated carbocycles. The molecule has 0 spiro atoms. The van der Waals surface area contributed by atoms with Gasteiger partial charge < -0.3 is 15.3 Å². The van der Waals surface area contributed by atoms with E-state index in [9.17, 15) is 14.4 Å². The minimum atomic E-state index is -0.883. The quantitative estimate of drug-likeness (QED) is 0.743. The van der Waals surface area contributed by atoms with Crippen LogP contribution in [0.15, 0.2) is 24.3 Å². The molecule has 1 aromatic carbocycles. The Morgan fingerprint density at radius 1 is 1.23 bits per heavy atom. The van der Waals surface area contributed by atoms with Crippen LogP contribution in [0.4, 0.5) is 0 Å². The minimum absolute atomic E-state index is 0.0163. The molecule has 142 valence electrons. The monoisotopic (exact) mass is 378 g/mol. The fourth-order valence-corrected chi connectivity index (χ4v) is 3.86. The van der Waals surface area contributed by atoms with E-state index >= 15 is 0 Å². The van der Waals surface area contributed by atoms with E-state index in [1.807, 2.05) is 24.3 Å². The molecule has 1 atom stereocenters. The van der Waals surface area contributed by atoms with Crippen LogP contribution in [-0.2, 0) is 15.0 Å². The highest BCUT2D eigenvalue weighted by Crippen LogP contribution is 2.26. The van der Waals surface area contributed by atoms with E-state index in [1.165, 1.54) is 0 Å². The number of hydrogen-bond donors (Lipinski definition) is 2. The number of carboxylic acids is 1. The Hall–Kier alpha value is -2.02. The maximum Gasteiger partial charge on any atom is 0.303 e. The van der Waals surface area contributed by atoms with Crippen LogP contribution in [0.5, 0.6) is 0 Å². The second kappa shape index (κ2) is 8.58. The molecule has 1 fully saturated rings. The summed E-state index contributed by atoms with van der Waals surface area (Å²) in [5.41, 5.74) is 1.74. The molecule has 1 heterocycles. The van der Waals surface area contributed by atoms with E-state index in [1.54, 1.807) is 16.7 Å². The average Bonchev–Trinajstić information content (AvgIpc) is 3.07. The summed E-state index contributed by atoms with van der Waals surface area (Å²) in [4.78, 5) is 37.3. The lowest BCUT2D eigenvalue weighted by molar-refractivity contribution is -0.137. The molecule has 0 aromatic heterocycles. The van der Waals surface area contributed by atoms with Gasteiger partial charge in [0.25, 0.3) is 5.91 Å². The molecule has 6 nitrogen and oxygen atoms in total. The van der Waals surface area contributed by atoms with Crippen molar-refractivity contribution < 1.29 is 19.5 Å². The third-order valence-corrected chi connectivity index (χ3v) is 5.32. The molecule has 1 aliphatic rings. The number of amides is 2. The number of carboxylic acid groups (broad SMARTS) is 1. The van der Waals surface area contributed by atoms with Crippen molar-refractivity contribution in [1.82, 2.24) is 10.2 Å². The van der Waals surface area contributed by atoms with Gasteiger partial charge in [0.1, 0.15) is 6.04 Å². The number of carbonyl (C=O) groups is 3. The van der Waals surface area contributed by atoms with Crippen molar-refractivity contribution in [2.45, 2.75) is 45.1 Å². The van der Waals surface area contributed by atoms with Gasteiger partial charge in [-0.15, -0.1) is 11.8 Å². The molecule has 2 N–H and O–H groups in total. The SMILES string of the molecule is CC(C)(C)c1ccc(C(=O)N2CSCC2C(=O)NCCCC(=O)O)cc1. The molecular formula is C19H26N2O4S. The van der Waals surface area contributed by atoms with E-state index in [0.29, 0.717) is 30.2 Å². The number of aliphatic carboxylic acids is 1. The maximum atomic E-state index is 12.8. The van der Waals surface area contributed by atoms with Crippen molar-refractivity contribution in [1.29, 1.82) is 0 Å². The summed E-state index contributed by atoms with van der Waals surface area (Å²) in [7, 11) is 0. The number of thioether (sulfide) groups is 1. The van der Waals surface area contributed by atoms with Crippen molar-refractivity contribution in [2.24, 2.45) is 0 Å². The normalized spacial score (nSPS) is 17.2. The first-order valence-electron chi connectivity index (χ1n) is 8.69. The highest BCUT2D eigenvalue weighted by Gasteiger charge is 2.35. The molecule has 7 heteroatoms. The highest BCUT2D eigenvalue weighted by molar-refractivity contribution is 7.99. The van der Waals surface area contributed by atoms with Crippen molar-refractivity contribution in [3.63, 3.8) is 0 Å². The zero-order chi connectivity index (χ0) is 19.3. The lowest BCUT2D eigenvalue weighted by Crippen LogP contribution is -2.47. The minimum Gasteiger partial charge on any atom is -0.481 e. The van der Waals surface area contributed by atoms with Gasteiger partial charge in [-0.25, -0.2) is 0 Å². The molecule has 0 aliphatic carbocycles. The van der Waals surface area contributed by atoms with E-state index in [0.717, 1.165) is 5.56 Å². The van der Waals surface area contributed by atoms with Crippen molar-refractivity contribution in [2.75, 3.05) is 18.2 Å². The Bertz CT molecular complexity index is 667. The number of nitrogens with zero attached hydrogens (tertiary/aromatic N) is 1. The molecule has 0 bridgehead atoms. The van der Waals surface area contributed by atoms with E-state index in [4.69, 9.17) is 5.11 Å². The summed E-state index contributed by atoms with van der Waals surface area (Å²) in [5, 5.41) is 11.4. The second-order valence-corrected chi connectivity index (χ2v) is 8.41. The van der Waals surface area contributed by atoms with Crippen LogP contribution < -0.4 is 5.32 Å². The van der Waals surface area contributed by atoms with Gasteiger partial charge in [-0.1, -0.05) is 32.9 Å². The standard InChI is InChI=1S/C19H26N2O4S/c1-19(2,3)14-8-6-13(7-9-14)18(25)21-12-26-11-15(21)17(24)20-10-4-5-16(22)23/h6-9,15H,4-5,10-12H2,1-3H3,(H,20,24)(H,22,23). The first-order chi connectivity index (χ1) is 12.2. The van der Waals surface area contributed by atoms with Crippen molar-refractivity contribution >= 4 is 29.5 Å². The lowest BCUT2D eigenvalue weighted by atomic mass is 9.86. The molecule has 1 saturated heterocycles. The first kappa shape index (κ1) is 20.3. The fraction of sp³-hybridized carbons (Fsp3) is 0.526. The summed E-state index contributed by atoms with van der Waals surface area (Å²) in [6.45, 7) is 6.65. The summed E-state index contributed by atoms with van der Waals surface area (Å²) >= 11 is 1.54. The van der Waals surface area contributed by atoms with Gasteiger partial charge >= 0.3 is 5.97 Å². The maximum absolute atomic E-state index is 12.8. The fourth-order valence-electron chi connectivity index (χ4n) is 2.71. The van der Waals surface area contributed by atoms with Gasteiger partial charge in [0.05, 0.1) is 5.88 Å². The molecule has 2 amide bonds. The number of nitrogens with one attached hydrogen (secondary N) is 1. The van der Waals surface area contributed by atoms with Gasteiger partial charge in [0, 0.05) is 24.3 Å². The lowest BCUT2D eigenvalue weighted by Gasteiger charge is -2.24. The molecule has 26 heavy (non-hydrogen) atoms. The number of rotatable bonds is 6. The molecule has 0 radical (unpaired) electrons. The summed E-state index contributed by atoms with van der Waals surface area (Å²) in [6.07, 6.45) is 0.394. The number of carbonyl (C=O) groups excluding carboxylic acids is 2. The Morgan fingerprint density at radius 3 is 2.46 bits per heavy atom. The van der Waals surface area contributed by atoms with Crippen LogP contribution in [-0.4, -0.2) is 52.0 Å². The van der Waals surface area contributed by atoms with Gasteiger partial charge in [-0.3, -0.25) is 14.4 Å². The highest BCUT2D eigenvalue weighted by atomic mass is 32.2. The molecule has 1 aliphatic heterocycles. The Labute approximate surface area is 158 Å². The smallest absolute Gasteiger partial charge is 0.303 e. The molecule has 1 aromatic rings. The Kier molecular flexibility index (Phi) is 6.69. The van der Waals surface area contributed by atoms with E-state index < -0.39 is 12.0 Å². The van der Waals surface area contributed by atoms with Gasteiger partial charge in [0.2, 0.25) is 5.91 Å². The summed E-state index contributed by atoms with van der Waals surface area (Å²) < 4.78 is 0. The molecule has 1 unspecified atom stereocenters. The summed E-state index contributed by atoms with van der Waals surface area (Å²) in [6, 6.07) is 7.02. The average molecular weight is 378 g/mol. The zero-order valence-corrected chi connectivity index (χ0v) is 16.3. The third kappa shape index (κ3) is 5.24.